The molecular weight excluding hydrogens is 184 g/mol. The van der Waals surface area contributed by atoms with Crippen LogP contribution in [0.25, 0.3) is 0 Å². The highest BCUT2D eigenvalue weighted by molar-refractivity contribution is 5.74. The maximum Gasteiger partial charge on any atom is 0.335 e. The van der Waals surface area contributed by atoms with Crippen molar-refractivity contribution in [1.82, 2.24) is 0 Å². The van der Waals surface area contributed by atoms with Gasteiger partial charge in [0.2, 0.25) is 0 Å². The lowest BCUT2D eigenvalue weighted by Gasteiger charge is -2.26. The molecule has 0 unspecified atom stereocenters. The van der Waals surface area contributed by atoms with Gasteiger partial charge in [-0.1, -0.05) is 20.8 Å². The van der Waals surface area contributed by atoms with E-state index in [4.69, 9.17) is 0 Å². The van der Waals surface area contributed by atoms with Gasteiger partial charge in [-0.3, -0.25) is 0 Å². The van der Waals surface area contributed by atoms with Crippen LogP contribution in [0.4, 0.5) is 0 Å². The Labute approximate surface area is 84.9 Å². The van der Waals surface area contributed by atoms with E-state index in [1.54, 1.807) is 6.92 Å². The lowest BCUT2D eigenvalue weighted by molar-refractivity contribution is -0.155. The maximum atomic E-state index is 11.0. The van der Waals surface area contributed by atoms with E-state index in [0.29, 0.717) is 0 Å². The van der Waals surface area contributed by atoms with E-state index < -0.39 is 18.2 Å². The van der Waals surface area contributed by atoms with E-state index in [-0.39, 0.29) is 18.4 Å². The van der Waals surface area contributed by atoms with E-state index in [0.717, 1.165) is 0 Å². The Morgan fingerprint density at radius 2 is 1.86 bits per heavy atom. The van der Waals surface area contributed by atoms with Crippen molar-refractivity contribution in [1.29, 1.82) is 0 Å². The molecule has 14 heavy (non-hydrogen) atoms. The highest BCUT2D eigenvalue weighted by atomic mass is 16.5. The van der Waals surface area contributed by atoms with Crippen LogP contribution in [0, 0.1) is 5.41 Å². The van der Waals surface area contributed by atoms with Gasteiger partial charge in [-0.05, 0) is 12.3 Å². The maximum absolute atomic E-state index is 11.0. The number of hydrogen-bond acceptors (Lipinski definition) is 4. The molecule has 0 aromatic carbocycles. The highest BCUT2D eigenvalue weighted by Gasteiger charge is 2.28. The Morgan fingerprint density at radius 1 is 1.36 bits per heavy atom. The number of hydrogen-bond donors (Lipinski definition) is 2. The van der Waals surface area contributed by atoms with Crippen LogP contribution in [0.5, 0.6) is 0 Å². The van der Waals surface area contributed by atoms with Crippen molar-refractivity contribution >= 4 is 5.97 Å². The van der Waals surface area contributed by atoms with E-state index in [2.05, 4.69) is 4.74 Å². The molecule has 0 aliphatic rings. The summed E-state index contributed by atoms with van der Waals surface area (Å²) in [5.74, 6) is -0.671. The molecular formula is C10H20O4. The van der Waals surface area contributed by atoms with Gasteiger partial charge in [-0.25, -0.2) is 4.79 Å². The summed E-state index contributed by atoms with van der Waals surface area (Å²) < 4.78 is 4.62. The Hall–Kier alpha value is -0.610. The number of carbonyl (C=O) groups is 1. The monoisotopic (exact) mass is 204 g/mol. The van der Waals surface area contributed by atoms with Crippen LogP contribution in [0.3, 0.4) is 0 Å². The fourth-order valence-corrected chi connectivity index (χ4v) is 0.900. The molecule has 0 aromatic heterocycles. The van der Waals surface area contributed by atoms with Gasteiger partial charge >= 0.3 is 5.97 Å². The summed E-state index contributed by atoms with van der Waals surface area (Å²) in [7, 11) is 0. The van der Waals surface area contributed by atoms with Crippen LogP contribution < -0.4 is 0 Å². The van der Waals surface area contributed by atoms with Crippen molar-refractivity contribution in [2.45, 2.75) is 46.3 Å². The standard InChI is InChI=1S/C10H20O4/c1-5-14-9(13)7(11)6-8(12)10(2,3)4/h7-8,11-12H,5-6H2,1-4H3/t7-,8-/m1/s1. The summed E-state index contributed by atoms with van der Waals surface area (Å²) >= 11 is 0. The first-order chi connectivity index (χ1) is 6.29. The second-order valence-corrected chi connectivity index (χ2v) is 4.39. The molecule has 0 aromatic rings. The quantitative estimate of drug-likeness (QED) is 0.662. The minimum absolute atomic E-state index is 0.0162. The second kappa shape index (κ2) is 5.32. The number of ether oxygens (including phenoxy) is 1. The third-order valence-electron chi connectivity index (χ3n) is 2.00. The first-order valence-electron chi connectivity index (χ1n) is 4.81. The van der Waals surface area contributed by atoms with Gasteiger partial charge in [-0.2, -0.15) is 0 Å². The molecule has 0 radical (unpaired) electrons. The number of aliphatic hydroxyl groups excluding tert-OH is 2. The van der Waals surface area contributed by atoms with E-state index in [1.807, 2.05) is 20.8 Å². The molecule has 0 spiro atoms. The fourth-order valence-electron chi connectivity index (χ4n) is 0.900. The topological polar surface area (TPSA) is 66.8 Å². The van der Waals surface area contributed by atoms with E-state index in [1.165, 1.54) is 0 Å². The molecule has 2 N–H and O–H groups in total. The lowest BCUT2D eigenvalue weighted by atomic mass is 9.86. The van der Waals surface area contributed by atoms with Crippen LogP contribution in [-0.4, -0.2) is 35.0 Å². The van der Waals surface area contributed by atoms with Crippen LogP contribution in [0.15, 0.2) is 0 Å². The van der Waals surface area contributed by atoms with E-state index in [9.17, 15) is 15.0 Å². The molecule has 0 amide bonds. The molecule has 84 valence electrons. The van der Waals surface area contributed by atoms with E-state index >= 15 is 0 Å². The SMILES string of the molecule is CCOC(=O)[C@H](O)C[C@@H](O)C(C)(C)C. The molecule has 0 saturated heterocycles. The molecule has 0 aliphatic carbocycles. The van der Waals surface area contributed by atoms with Gasteiger partial charge in [0.1, 0.15) is 0 Å². The van der Waals surface area contributed by atoms with Crippen molar-refractivity contribution in [2.24, 2.45) is 5.41 Å². The average molecular weight is 204 g/mol. The Morgan fingerprint density at radius 3 is 2.21 bits per heavy atom. The van der Waals surface area contributed by atoms with Gasteiger partial charge in [-0.15, -0.1) is 0 Å². The first-order valence-corrected chi connectivity index (χ1v) is 4.81. The first kappa shape index (κ1) is 13.4. The summed E-state index contributed by atoms with van der Waals surface area (Å²) in [5, 5.41) is 19.0. The number of esters is 1. The van der Waals surface area contributed by atoms with Crippen molar-refractivity contribution in [3.8, 4) is 0 Å². The minimum Gasteiger partial charge on any atom is -0.464 e. The number of aliphatic hydroxyl groups is 2. The van der Waals surface area contributed by atoms with Crippen LogP contribution in [-0.2, 0) is 9.53 Å². The lowest BCUT2D eigenvalue weighted by Crippen LogP contribution is -2.34. The van der Waals surface area contributed by atoms with Crippen molar-refractivity contribution in [3.63, 3.8) is 0 Å². The summed E-state index contributed by atoms with van der Waals surface area (Å²) in [6.45, 7) is 7.44. The summed E-state index contributed by atoms with van der Waals surface area (Å²) in [4.78, 5) is 11.0. The fraction of sp³-hybridized carbons (Fsp3) is 0.900. The molecule has 0 fully saturated rings. The highest BCUT2D eigenvalue weighted by Crippen LogP contribution is 2.22. The zero-order chi connectivity index (χ0) is 11.4. The van der Waals surface area contributed by atoms with Gasteiger partial charge in [0.25, 0.3) is 0 Å². The molecule has 0 saturated carbocycles. The van der Waals surface area contributed by atoms with Crippen molar-refractivity contribution < 1.29 is 19.7 Å². The smallest absolute Gasteiger partial charge is 0.335 e. The number of carbonyl (C=O) groups excluding carboxylic acids is 1. The Kier molecular flexibility index (Phi) is 5.08. The van der Waals surface area contributed by atoms with Crippen LogP contribution >= 0.6 is 0 Å². The molecule has 0 rings (SSSR count). The summed E-state index contributed by atoms with van der Waals surface area (Å²) in [6.07, 6.45) is -1.94. The largest absolute Gasteiger partial charge is 0.464 e. The minimum atomic E-state index is -1.23. The second-order valence-electron chi connectivity index (χ2n) is 4.39. The molecule has 4 nitrogen and oxygen atoms in total. The van der Waals surface area contributed by atoms with Gasteiger partial charge in [0.15, 0.2) is 6.10 Å². The van der Waals surface area contributed by atoms with Gasteiger partial charge in [0.05, 0.1) is 12.7 Å². The van der Waals surface area contributed by atoms with Crippen molar-refractivity contribution in [2.75, 3.05) is 6.61 Å². The molecule has 2 atom stereocenters. The Balaban J connectivity index is 4.06. The predicted molar refractivity (Wildman–Crippen MR) is 52.7 cm³/mol. The average Bonchev–Trinajstić information content (AvgIpc) is 2.02. The van der Waals surface area contributed by atoms with Crippen molar-refractivity contribution in [3.05, 3.63) is 0 Å². The molecule has 4 heteroatoms. The normalized spacial score (nSPS) is 16.1. The zero-order valence-corrected chi connectivity index (χ0v) is 9.28. The zero-order valence-electron chi connectivity index (χ0n) is 9.28. The molecule has 0 aliphatic heterocycles. The summed E-state index contributed by atoms with van der Waals surface area (Å²) in [6, 6.07) is 0. The third kappa shape index (κ3) is 4.58. The number of rotatable bonds is 4. The summed E-state index contributed by atoms with van der Waals surface area (Å²) in [5.41, 5.74) is -0.340. The van der Waals surface area contributed by atoms with Crippen LogP contribution in [0.2, 0.25) is 0 Å². The Bertz CT molecular complexity index is 183. The van der Waals surface area contributed by atoms with Gasteiger partial charge < -0.3 is 14.9 Å². The van der Waals surface area contributed by atoms with Crippen LogP contribution in [0.1, 0.15) is 34.1 Å². The predicted octanol–water partition coefficient (Wildman–Crippen LogP) is 0.707. The molecule has 0 bridgehead atoms. The molecule has 0 heterocycles. The van der Waals surface area contributed by atoms with Gasteiger partial charge in [0, 0.05) is 6.42 Å². The third-order valence-corrected chi connectivity index (χ3v) is 2.00.